The molecule has 8 nitrogen and oxygen atoms in total. The molecular formula is C15H24N2O6Si. The fraction of sp³-hybridized carbons (Fsp3) is 0.533. The van der Waals surface area contributed by atoms with E-state index in [1.165, 1.54) is 26.2 Å². The molecule has 24 heavy (non-hydrogen) atoms. The van der Waals surface area contributed by atoms with Gasteiger partial charge in [-0.1, -0.05) is 19.6 Å². The maximum atomic E-state index is 11.2. The summed E-state index contributed by atoms with van der Waals surface area (Å²) in [5, 5.41) is 13.5. The minimum absolute atomic E-state index is 0.00182. The van der Waals surface area contributed by atoms with Gasteiger partial charge in [0, 0.05) is 27.7 Å². The van der Waals surface area contributed by atoms with Gasteiger partial charge in [-0.15, -0.1) is 0 Å². The Morgan fingerprint density at radius 1 is 1.29 bits per heavy atom. The Morgan fingerprint density at radius 3 is 2.46 bits per heavy atom. The van der Waals surface area contributed by atoms with Gasteiger partial charge >= 0.3 is 0 Å². The van der Waals surface area contributed by atoms with E-state index < -0.39 is 18.9 Å². The van der Waals surface area contributed by atoms with Crippen molar-refractivity contribution < 1.29 is 23.9 Å². The molecule has 0 bridgehead atoms. The Kier molecular flexibility index (Phi) is 7.17. The number of nitro groups is 1. The zero-order chi connectivity index (χ0) is 18.3. The summed E-state index contributed by atoms with van der Waals surface area (Å²) in [5.74, 6) is 0.0463. The highest BCUT2D eigenvalue weighted by Crippen LogP contribution is 2.37. The molecule has 9 heteroatoms. The first-order valence-electron chi connectivity index (χ1n) is 7.48. The van der Waals surface area contributed by atoms with Crippen LogP contribution in [0.15, 0.2) is 12.1 Å². The van der Waals surface area contributed by atoms with Crippen LogP contribution >= 0.6 is 0 Å². The number of carbonyl (C=O) groups excluding carboxylic acids is 1. The van der Waals surface area contributed by atoms with Crippen molar-refractivity contribution in [3.8, 4) is 11.5 Å². The predicted octanol–water partition coefficient (Wildman–Crippen LogP) is 3.25. The van der Waals surface area contributed by atoms with Crippen LogP contribution in [-0.4, -0.2) is 39.4 Å². The van der Waals surface area contributed by atoms with Crippen molar-refractivity contribution in [1.82, 2.24) is 0 Å². The van der Waals surface area contributed by atoms with Crippen molar-refractivity contribution in [2.24, 2.45) is 0 Å². The maximum Gasteiger partial charge on any atom is 0.296 e. The summed E-state index contributed by atoms with van der Waals surface area (Å²) in [6.07, 6.45) is 0. The van der Waals surface area contributed by atoms with Gasteiger partial charge in [0.05, 0.1) is 18.1 Å². The van der Waals surface area contributed by atoms with Crippen LogP contribution in [0, 0.1) is 10.1 Å². The first-order chi connectivity index (χ1) is 11.1. The van der Waals surface area contributed by atoms with Crippen LogP contribution < -0.4 is 14.8 Å². The highest BCUT2D eigenvalue weighted by atomic mass is 28.3. The summed E-state index contributed by atoms with van der Waals surface area (Å²) in [6.45, 7) is 8.60. The van der Waals surface area contributed by atoms with E-state index in [9.17, 15) is 14.9 Å². The lowest BCUT2D eigenvalue weighted by molar-refractivity contribution is -0.384. The van der Waals surface area contributed by atoms with Gasteiger partial charge in [0.25, 0.3) is 5.69 Å². The normalized spacial score (nSPS) is 11.0. The quantitative estimate of drug-likeness (QED) is 0.240. The number of hydrogen-bond donors (Lipinski definition) is 1. The maximum absolute atomic E-state index is 11.2. The summed E-state index contributed by atoms with van der Waals surface area (Å²) in [5.41, 5.74) is -0.223. The molecule has 1 N–H and O–H groups in total. The third-order valence-electron chi connectivity index (χ3n) is 3.08. The second kappa shape index (κ2) is 8.64. The van der Waals surface area contributed by atoms with E-state index in [2.05, 4.69) is 25.0 Å². The topological polar surface area (TPSA) is 99.9 Å². The van der Waals surface area contributed by atoms with Crippen LogP contribution in [0.4, 0.5) is 11.4 Å². The van der Waals surface area contributed by atoms with Crippen LogP contribution in [0.2, 0.25) is 25.7 Å². The van der Waals surface area contributed by atoms with Gasteiger partial charge in [-0.3, -0.25) is 14.9 Å². The van der Waals surface area contributed by atoms with Gasteiger partial charge in [0.2, 0.25) is 5.91 Å². The Bertz CT molecular complexity index is 600. The molecule has 1 aromatic carbocycles. The number of methoxy groups -OCH3 is 1. The number of ether oxygens (including phenoxy) is 3. The smallest absolute Gasteiger partial charge is 0.296 e. The van der Waals surface area contributed by atoms with Crippen LogP contribution in [-0.2, 0) is 9.53 Å². The number of rotatable bonds is 9. The summed E-state index contributed by atoms with van der Waals surface area (Å²) >= 11 is 0. The minimum atomic E-state index is -1.18. The van der Waals surface area contributed by atoms with E-state index in [1.807, 2.05) is 0 Å². The minimum Gasteiger partial charge on any atom is -0.493 e. The number of benzene rings is 1. The van der Waals surface area contributed by atoms with Crippen LogP contribution in [0.3, 0.4) is 0 Å². The SMILES string of the molecule is COc1cc([N+](=O)[O-])c(NC(C)=O)cc1OCOCC[Si](C)(C)C. The largest absolute Gasteiger partial charge is 0.493 e. The third kappa shape index (κ3) is 6.55. The molecule has 1 rings (SSSR count). The average Bonchev–Trinajstić information content (AvgIpc) is 2.44. The third-order valence-corrected chi connectivity index (χ3v) is 4.79. The van der Waals surface area contributed by atoms with Crippen molar-refractivity contribution in [1.29, 1.82) is 0 Å². The molecule has 0 aromatic heterocycles. The van der Waals surface area contributed by atoms with Gasteiger partial charge in [-0.25, -0.2) is 0 Å². The van der Waals surface area contributed by atoms with Crippen LogP contribution in [0.25, 0.3) is 0 Å². The van der Waals surface area contributed by atoms with Gasteiger partial charge in [-0.2, -0.15) is 0 Å². The first kappa shape index (κ1) is 19.9. The Labute approximate surface area is 142 Å². The summed E-state index contributed by atoms with van der Waals surface area (Å²) in [4.78, 5) is 21.7. The molecule has 0 heterocycles. The molecule has 0 radical (unpaired) electrons. The zero-order valence-corrected chi connectivity index (χ0v) is 15.7. The van der Waals surface area contributed by atoms with E-state index in [0.717, 1.165) is 6.04 Å². The highest BCUT2D eigenvalue weighted by molar-refractivity contribution is 6.76. The van der Waals surface area contributed by atoms with Gasteiger partial charge in [-0.05, 0) is 6.04 Å². The van der Waals surface area contributed by atoms with E-state index >= 15 is 0 Å². The van der Waals surface area contributed by atoms with Crippen molar-refractivity contribution in [2.75, 3.05) is 25.8 Å². The lowest BCUT2D eigenvalue weighted by atomic mass is 10.2. The number of nitrogens with zero attached hydrogens (tertiary/aromatic N) is 1. The number of anilines is 1. The number of nitro benzene ring substituents is 1. The molecule has 1 aromatic rings. The second-order valence-electron chi connectivity index (χ2n) is 6.44. The standard InChI is InChI=1S/C15H24N2O6Si/c1-11(18)16-12-8-15(14(21-2)9-13(12)17(19)20)23-10-22-6-7-24(3,4)5/h8-9H,6-7,10H2,1-5H3,(H,16,18). The number of hydrogen-bond acceptors (Lipinski definition) is 6. The summed E-state index contributed by atoms with van der Waals surface area (Å²) in [7, 11) is 0.206. The average molecular weight is 356 g/mol. The Balaban J connectivity index is 2.85. The van der Waals surface area contributed by atoms with Crippen molar-refractivity contribution >= 4 is 25.4 Å². The number of amides is 1. The van der Waals surface area contributed by atoms with Crippen molar-refractivity contribution in [3.05, 3.63) is 22.2 Å². The molecule has 134 valence electrons. The van der Waals surface area contributed by atoms with Crippen molar-refractivity contribution in [2.45, 2.75) is 32.6 Å². The van der Waals surface area contributed by atoms with Gasteiger partial charge < -0.3 is 19.5 Å². The molecule has 0 fully saturated rings. The molecule has 0 aliphatic rings. The van der Waals surface area contributed by atoms with Gasteiger partial charge in [0.1, 0.15) is 5.69 Å². The van der Waals surface area contributed by atoms with E-state index in [4.69, 9.17) is 14.2 Å². The second-order valence-corrected chi connectivity index (χ2v) is 12.1. The molecule has 0 unspecified atom stereocenters. The van der Waals surface area contributed by atoms with E-state index in [0.29, 0.717) is 6.61 Å². The van der Waals surface area contributed by atoms with Gasteiger partial charge in [0.15, 0.2) is 18.3 Å². The number of carbonyl (C=O) groups is 1. The molecule has 0 atom stereocenters. The lowest BCUT2D eigenvalue weighted by Crippen LogP contribution is -2.22. The Morgan fingerprint density at radius 2 is 1.96 bits per heavy atom. The van der Waals surface area contributed by atoms with E-state index in [1.54, 1.807) is 0 Å². The fourth-order valence-corrected chi connectivity index (χ4v) is 2.56. The first-order valence-corrected chi connectivity index (χ1v) is 11.2. The lowest BCUT2D eigenvalue weighted by Gasteiger charge is -2.16. The molecule has 0 saturated heterocycles. The highest BCUT2D eigenvalue weighted by Gasteiger charge is 2.20. The number of nitrogens with one attached hydrogen (secondary N) is 1. The van der Waals surface area contributed by atoms with Crippen LogP contribution in [0.1, 0.15) is 6.92 Å². The zero-order valence-electron chi connectivity index (χ0n) is 14.7. The molecule has 0 aliphatic heterocycles. The summed E-state index contributed by atoms with van der Waals surface area (Å²) < 4.78 is 16.1. The molecular weight excluding hydrogens is 332 g/mol. The van der Waals surface area contributed by atoms with E-state index in [-0.39, 0.29) is 29.7 Å². The monoisotopic (exact) mass is 356 g/mol. The summed E-state index contributed by atoms with van der Waals surface area (Å²) in [6, 6.07) is 3.58. The molecule has 1 amide bonds. The molecule has 0 aliphatic carbocycles. The molecule has 0 saturated carbocycles. The van der Waals surface area contributed by atoms with Crippen molar-refractivity contribution in [3.63, 3.8) is 0 Å². The Hall–Kier alpha value is -2.13. The predicted molar refractivity (Wildman–Crippen MR) is 93.6 cm³/mol. The fourth-order valence-electron chi connectivity index (χ4n) is 1.80. The van der Waals surface area contributed by atoms with Crippen LogP contribution in [0.5, 0.6) is 11.5 Å². The molecule has 0 spiro atoms.